The van der Waals surface area contributed by atoms with Gasteiger partial charge in [-0.05, 0) is 31.0 Å². The van der Waals surface area contributed by atoms with E-state index in [-0.39, 0.29) is 25.3 Å². The van der Waals surface area contributed by atoms with Crippen molar-refractivity contribution in [3.05, 3.63) is 34.9 Å². The molecule has 3 amide bonds. The molecule has 1 heterocycles. The fourth-order valence-electron chi connectivity index (χ4n) is 2.64. The van der Waals surface area contributed by atoms with Crippen LogP contribution in [0.5, 0.6) is 0 Å². The molecule has 0 fully saturated rings. The molecule has 2 rings (SSSR count). The molecule has 0 aliphatic heterocycles. The monoisotopic (exact) mass is 424 g/mol. The number of hydrogen-bond donors (Lipinski definition) is 4. The highest BCUT2D eigenvalue weighted by molar-refractivity contribution is 9.10. The second-order valence-electron chi connectivity index (χ2n) is 5.82. The maximum atomic E-state index is 12.1. The number of primary amides is 1. The first-order chi connectivity index (χ1) is 12.4. The minimum absolute atomic E-state index is 0.166. The number of aryl methyl sites for hydroxylation is 1. The highest BCUT2D eigenvalue weighted by atomic mass is 79.9. The Labute approximate surface area is 158 Å². The van der Waals surface area contributed by atoms with Crippen molar-refractivity contribution in [2.45, 2.75) is 31.8 Å². The number of aromatic nitrogens is 1. The quantitative estimate of drug-likeness (QED) is 0.457. The van der Waals surface area contributed by atoms with Crippen LogP contribution in [-0.4, -0.2) is 40.2 Å². The van der Waals surface area contributed by atoms with E-state index in [1.807, 2.05) is 35.0 Å². The topological polar surface area (TPSA) is 126 Å². The minimum Gasteiger partial charge on any atom is -0.480 e. The van der Waals surface area contributed by atoms with Crippen LogP contribution >= 0.6 is 15.9 Å². The maximum absolute atomic E-state index is 12.1. The Kier molecular flexibility index (Phi) is 7.02. The van der Waals surface area contributed by atoms with Crippen LogP contribution in [0.1, 0.15) is 19.3 Å². The summed E-state index contributed by atoms with van der Waals surface area (Å²) in [5.74, 6) is -1.44. The second kappa shape index (κ2) is 9.23. The normalized spacial score (nSPS) is 11.9. The fourth-order valence-corrected chi connectivity index (χ4v) is 3.13. The van der Waals surface area contributed by atoms with Crippen LogP contribution in [-0.2, 0) is 16.1 Å². The molecule has 2 aromatic rings. The van der Waals surface area contributed by atoms with Gasteiger partial charge in [0, 0.05) is 41.1 Å². The molecule has 0 aliphatic rings. The minimum atomic E-state index is -1.10. The van der Waals surface area contributed by atoms with Crippen LogP contribution < -0.4 is 16.4 Å². The highest BCUT2D eigenvalue weighted by Crippen LogP contribution is 2.24. The summed E-state index contributed by atoms with van der Waals surface area (Å²) in [4.78, 5) is 34.0. The van der Waals surface area contributed by atoms with Crippen LogP contribution in [0.4, 0.5) is 4.79 Å². The summed E-state index contributed by atoms with van der Waals surface area (Å²) in [5, 5.41) is 15.2. The van der Waals surface area contributed by atoms with Crippen molar-refractivity contribution < 1.29 is 19.5 Å². The Morgan fingerprint density at radius 2 is 2.04 bits per heavy atom. The molecule has 5 N–H and O–H groups in total. The molecule has 26 heavy (non-hydrogen) atoms. The Hall–Kier alpha value is -2.55. The van der Waals surface area contributed by atoms with Crippen LogP contribution in [0.15, 0.2) is 34.9 Å². The first-order valence-corrected chi connectivity index (χ1v) is 8.96. The molecule has 140 valence electrons. The van der Waals surface area contributed by atoms with Crippen molar-refractivity contribution in [2.24, 2.45) is 5.73 Å². The van der Waals surface area contributed by atoms with Crippen molar-refractivity contribution in [3.63, 3.8) is 0 Å². The van der Waals surface area contributed by atoms with E-state index in [2.05, 4.69) is 26.6 Å². The number of benzene rings is 1. The zero-order chi connectivity index (χ0) is 19.1. The van der Waals surface area contributed by atoms with E-state index in [1.165, 1.54) is 0 Å². The molecule has 0 bridgehead atoms. The van der Waals surface area contributed by atoms with Crippen LogP contribution in [0.3, 0.4) is 0 Å². The average Bonchev–Trinajstić information content (AvgIpc) is 3.00. The lowest BCUT2D eigenvalue weighted by molar-refractivity contribution is -0.142. The molecule has 9 heteroatoms. The predicted molar refractivity (Wildman–Crippen MR) is 101 cm³/mol. The van der Waals surface area contributed by atoms with Crippen LogP contribution in [0, 0.1) is 0 Å². The Morgan fingerprint density at radius 1 is 1.27 bits per heavy atom. The number of amides is 3. The SMILES string of the molecule is NC(=O)NCCC[C@H](NC(=O)CCn1ccc2c(Br)cccc21)C(=O)O. The summed E-state index contributed by atoms with van der Waals surface area (Å²) in [5.41, 5.74) is 5.94. The molecule has 0 radical (unpaired) electrons. The van der Waals surface area contributed by atoms with Crippen molar-refractivity contribution in [3.8, 4) is 0 Å². The van der Waals surface area contributed by atoms with Crippen LogP contribution in [0.2, 0.25) is 0 Å². The van der Waals surface area contributed by atoms with Crippen molar-refractivity contribution in [1.29, 1.82) is 0 Å². The number of fused-ring (bicyclic) bond motifs is 1. The van der Waals surface area contributed by atoms with Crippen molar-refractivity contribution >= 4 is 44.7 Å². The van der Waals surface area contributed by atoms with Gasteiger partial charge in [-0.2, -0.15) is 0 Å². The van der Waals surface area contributed by atoms with Gasteiger partial charge in [-0.3, -0.25) is 4.79 Å². The van der Waals surface area contributed by atoms with Crippen molar-refractivity contribution in [2.75, 3.05) is 6.54 Å². The smallest absolute Gasteiger partial charge is 0.326 e. The molecule has 1 atom stereocenters. The number of carboxylic acids is 1. The molecule has 1 aromatic carbocycles. The van der Waals surface area contributed by atoms with E-state index >= 15 is 0 Å². The summed E-state index contributed by atoms with van der Waals surface area (Å²) in [6, 6.07) is 6.14. The van der Waals surface area contributed by atoms with E-state index in [0.29, 0.717) is 13.0 Å². The predicted octanol–water partition coefficient (Wildman–Crippen LogP) is 1.81. The highest BCUT2D eigenvalue weighted by Gasteiger charge is 2.19. The number of nitrogens with one attached hydrogen (secondary N) is 2. The van der Waals surface area contributed by atoms with Gasteiger partial charge in [-0.15, -0.1) is 0 Å². The number of urea groups is 1. The van der Waals surface area contributed by atoms with Gasteiger partial charge in [0.25, 0.3) is 0 Å². The van der Waals surface area contributed by atoms with Gasteiger partial charge in [0.1, 0.15) is 6.04 Å². The second-order valence-corrected chi connectivity index (χ2v) is 6.68. The number of aliphatic carboxylic acids is 1. The number of halogens is 1. The zero-order valence-corrected chi connectivity index (χ0v) is 15.7. The van der Waals surface area contributed by atoms with E-state index in [4.69, 9.17) is 5.73 Å². The average molecular weight is 425 g/mol. The number of hydrogen-bond acceptors (Lipinski definition) is 3. The van der Waals surface area contributed by atoms with Gasteiger partial charge in [0.15, 0.2) is 0 Å². The lowest BCUT2D eigenvalue weighted by atomic mass is 10.1. The molecule has 1 aromatic heterocycles. The van der Waals surface area contributed by atoms with Crippen molar-refractivity contribution in [1.82, 2.24) is 15.2 Å². The molecule has 0 aliphatic carbocycles. The number of carboxylic acid groups (broad SMARTS) is 1. The van der Waals surface area contributed by atoms with Gasteiger partial charge in [0.05, 0.1) is 0 Å². The molecular weight excluding hydrogens is 404 g/mol. The lowest BCUT2D eigenvalue weighted by Crippen LogP contribution is -2.41. The number of carbonyl (C=O) groups is 3. The Morgan fingerprint density at radius 3 is 2.73 bits per heavy atom. The molecular formula is C17H21BrN4O4. The summed E-state index contributed by atoms with van der Waals surface area (Å²) >= 11 is 3.49. The third kappa shape index (κ3) is 5.48. The first kappa shape index (κ1) is 19.8. The molecule has 0 spiro atoms. The molecule has 0 unspecified atom stereocenters. The summed E-state index contributed by atoms with van der Waals surface area (Å²) in [6.45, 7) is 0.709. The number of nitrogens with zero attached hydrogens (tertiary/aromatic N) is 1. The van der Waals surface area contributed by atoms with Gasteiger partial charge in [-0.1, -0.05) is 22.0 Å². The molecule has 8 nitrogen and oxygen atoms in total. The largest absolute Gasteiger partial charge is 0.480 e. The van der Waals surface area contributed by atoms with E-state index < -0.39 is 18.0 Å². The van der Waals surface area contributed by atoms with E-state index in [1.54, 1.807) is 0 Å². The summed E-state index contributed by atoms with van der Waals surface area (Å²) in [7, 11) is 0. The Bertz CT molecular complexity index is 805. The zero-order valence-electron chi connectivity index (χ0n) is 14.1. The summed E-state index contributed by atoms with van der Waals surface area (Å²) < 4.78 is 2.93. The summed E-state index contributed by atoms with van der Waals surface area (Å²) in [6.07, 6.45) is 2.67. The van der Waals surface area contributed by atoms with Gasteiger partial charge in [0.2, 0.25) is 5.91 Å². The standard InChI is InChI=1S/C17H21BrN4O4/c18-12-3-1-5-14-11(12)6-9-22(14)10-7-15(23)21-13(16(24)25)4-2-8-20-17(19)26/h1,3,5-6,9,13H,2,4,7-8,10H2,(H,21,23)(H,24,25)(H3,19,20,26)/t13-/m0/s1. The van der Waals surface area contributed by atoms with Gasteiger partial charge >= 0.3 is 12.0 Å². The third-order valence-corrected chi connectivity index (χ3v) is 4.63. The molecule has 0 saturated carbocycles. The van der Waals surface area contributed by atoms with Gasteiger partial charge < -0.3 is 26.0 Å². The van der Waals surface area contributed by atoms with E-state index in [0.717, 1.165) is 15.4 Å². The third-order valence-electron chi connectivity index (χ3n) is 3.94. The lowest BCUT2D eigenvalue weighted by Gasteiger charge is -2.15. The number of rotatable bonds is 9. The van der Waals surface area contributed by atoms with Crippen LogP contribution in [0.25, 0.3) is 10.9 Å². The van der Waals surface area contributed by atoms with E-state index in [9.17, 15) is 19.5 Å². The fraction of sp³-hybridized carbons (Fsp3) is 0.353. The maximum Gasteiger partial charge on any atom is 0.326 e. The first-order valence-electron chi connectivity index (χ1n) is 8.17. The Balaban J connectivity index is 1.86. The van der Waals surface area contributed by atoms with Gasteiger partial charge in [-0.25, -0.2) is 9.59 Å². The number of carbonyl (C=O) groups excluding carboxylic acids is 2. The molecule has 0 saturated heterocycles. The number of nitrogens with two attached hydrogens (primary N) is 1.